The third kappa shape index (κ3) is 4.78. The van der Waals surface area contributed by atoms with Gasteiger partial charge in [-0.15, -0.1) is 41.4 Å². The summed E-state index contributed by atoms with van der Waals surface area (Å²) in [4.78, 5) is 9.08. The molecule has 0 fully saturated rings. The number of rotatable bonds is 4. The Morgan fingerprint density at radius 1 is 0.771 bits per heavy atom. The number of benzene rings is 5. The molecule has 0 radical (unpaired) electrons. The van der Waals surface area contributed by atoms with Crippen molar-refractivity contribution in [2.45, 2.75) is 26.2 Å². The molecule has 4 heterocycles. The summed E-state index contributed by atoms with van der Waals surface area (Å²) >= 11 is 0. The van der Waals surface area contributed by atoms with Crippen LogP contribution in [0.2, 0.25) is 0 Å². The van der Waals surface area contributed by atoms with E-state index in [1.54, 1.807) is 0 Å². The minimum Gasteiger partial charge on any atom is -0.509 e. The van der Waals surface area contributed by atoms with Crippen molar-refractivity contribution < 1.29 is 30.2 Å². The Labute approximate surface area is 293 Å². The fraction of sp³-hybridized carbons (Fsp3) is 0.122. The average molecular weight is 807 g/mol. The molecule has 48 heavy (non-hydrogen) atoms. The fourth-order valence-electron chi connectivity index (χ4n) is 6.76. The predicted octanol–water partition coefficient (Wildman–Crippen LogP) is 10.5. The number of ether oxygens (including phenoxy) is 1. The van der Waals surface area contributed by atoms with Crippen molar-refractivity contribution in [1.29, 1.82) is 0 Å². The molecular weight excluding hydrogens is 776 g/mol. The van der Waals surface area contributed by atoms with Crippen LogP contribution in [0.3, 0.4) is 0 Å². The Balaban J connectivity index is 0.00000336. The molecule has 7 heteroatoms. The largest absolute Gasteiger partial charge is 0.509 e. The molecule has 0 bridgehead atoms. The number of hydrogen-bond acceptors (Lipinski definition) is 5. The second-order valence-corrected chi connectivity index (χ2v) is 13.1. The van der Waals surface area contributed by atoms with Crippen LogP contribution in [0.4, 0.5) is 17.1 Å². The van der Waals surface area contributed by atoms with E-state index in [4.69, 9.17) is 14.1 Å². The van der Waals surface area contributed by atoms with Gasteiger partial charge < -0.3 is 23.5 Å². The van der Waals surface area contributed by atoms with Gasteiger partial charge >= 0.3 is 0 Å². The summed E-state index contributed by atoms with van der Waals surface area (Å²) in [7, 11) is 2.07. The summed E-state index contributed by atoms with van der Waals surface area (Å²) in [6, 6.07) is 42.1. The molecule has 0 amide bonds. The van der Waals surface area contributed by atoms with E-state index in [0.29, 0.717) is 11.5 Å². The second-order valence-electron chi connectivity index (χ2n) is 13.1. The maximum atomic E-state index is 6.47. The number of nitrogens with zero attached hydrogens (tertiary/aromatic N) is 4. The summed E-state index contributed by atoms with van der Waals surface area (Å²) in [6.45, 7) is 8.74. The number of para-hydroxylation sites is 2. The van der Waals surface area contributed by atoms with Gasteiger partial charge in [-0.2, -0.15) is 18.8 Å². The van der Waals surface area contributed by atoms with Crippen molar-refractivity contribution in [3.05, 3.63) is 134 Å². The van der Waals surface area contributed by atoms with E-state index in [1.165, 1.54) is 5.56 Å². The maximum absolute atomic E-state index is 6.47. The van der Waals surface area contributed by atoms with E-state index in [2.05, 4.69) is 122 Å². The smallest absolute Gasteiger partial charge is 0.137 e. The van der Waals surface area contributed by atoms with Crippen LogP contribution in [0, 0.1) is 18.8 Å². The van der Waals surface area contributed by atoms with E-state index >= 15 is 0 Å². The van der Waals surface area contributed by atoms with Crippen molar-refractivity contribution in [1.82, 2.24) is 9.55 Å². The molecule has 0 N–H and O–H groups in total. The molecule has 1 aliphatic rings. The molecule has 6 nitrogen and oxygen atoms in total. The number of fused-ring (bicyclic) bond motifs is 8. The van der Waals surface area contributed by atoms with Gasteiger partial charge in [0.2, 0.25) is 0 Å². The second kappa shape index (κ2) is 11.3. The quantitative estimate of drug-likeness (QED) is 0.166. The number of aromatic nitrogens is 2. The summed E-state index contributed by atoms with van der Waals surface area (Å²) in [5, 5.41) is 4.45. The van der Waals surface area contributed by atoms with Crippen LogP contribution in [-0.2, 0) is 26.5 Å². The van der Waals surface area contributed by atoms with Crippen molar-refractivity contribution in [2.24, 2.45) is 0 Å². The molecular formula is C41H31N4O2Pt-3. The molecule has 0 atom stereocenters. The summed E-state index contributed by atoms with van der Waals surface area (Å²) < 4.78 is 14.8. The first-order valence-electron chi connectivity index (χ1n) is 15.8. The molecule has 0 aliphatic carbocycles. The third-order valence-corrected chi connectivity index (χ3v) is 9.03. The van der Waals surface area contributed by atoms with Gasteiger partial charge in [-0.1, -0.05) is 62.7 Å². The van der Waals surface area contributed by atoms with E-state index in [1.807, 2.05) is 48.7 Å². The summed E-state index contributed by atoms with van der Waals surface area (Å²) in [6.07, 6.45) is 1.89. The Morgan fingerprint density at radius 2 is 1.56 bits per heavy atom. The molecule has 8 aromatic rings. The zero-order valence-corrected chi connectivity index (χ0v) is 29.2. The first-order chi connectivity index (χ1) is 22.8. The van der Waals surface area contributed by atoms with Crippen LogP contribution in [0.1, 0.15) is 26.3 Å². The van der Waals surface area contributed by atoms with Gasteiger partial charge in [0.1, 0.15) is 17.0 Å². The van der Waals surface area contributed by atoms with Gasteiger partial charge in [-0.25, -0.2) is 4.98 Å². The van der Waals surface area contributed by atoms with Crippen LogP contribution >= 0.6 is 0 Å². The first kappa shape index (κ1) is 30.3. The molecule has 240 valence electrons. The van der Waals surface area contributed by atoms with Crippen LogP contribution < -0.4 is 14.5 Å². The monoisotopic (exact) mass is 806 g/mol. The standard InChI is InChI=1S/C41H31N4O2.Pt/c1-41(2,3)26-20-21-42-38(22-26)45-33-14-7-5-12-30(33)31-17-16-29(24-35(31)45)46-28-11-9-10-27(23-28)44-25-43(4)40-34(44)18-19-37-39(40)32-13-6-8-15-36(32)47-37;/h5-22,25H,1-4H3;/q-3;. The van der Waals surface area contributed by atoms with Crippen LogP contribution in [0.25, 0.3) is 49.6 Å². The molecule has 0 saturated heterocycles. The Hall–Kier alpha value is -5.06. The zero-order valence-electron chi connectivity index (χ0n) is 26.9. The van der Waals surface area contributed by atoms with E-state index in [0.717, 1.165) is 66.6 Å². The predicted molar refractivity (Wildman–Crippen MR) is 190 cm³/mol. The number of pyridine rings is 1. The molecule has 5 aromatic carbocycles. The van der Waals surface area contributed by atoms with Crippen molar-refractivity contribution in [3.63, 3.8) is 0 Å². The van der Waals surface area contributed by atoms with Crippen molar-refractivity contribution >= 4 is 60.8 Å². The summed E-state index contributed by atoms with van der Waals surface area (Å²) in [5.41, 5.74) is 8.00. The molecule has 3 aromatic heterocycles. The molecule has 0 saturated carbocycles. The average Bonchev–Trinajstić information content (AvgIpc) is 3.73. The van der Waals surface area contributed by atoms with Gasteiger partial charge in [0.25, 0.3) is 0 Å². The van der Waals surface area contributed by atoms with Gasteiger partial charge in [0, 0.05) is 61.0 Å². The van der Waals surface area contributed by atoms with Gasteiger partial charge in [0.15, 0.2) is 0 Å². The van der Waals surface area contributed by atoms with Gasteiger partial charge in [-0.05, 0) is 59.8 Å². The molecule has 0 spiro atoms. The molecule has 1 aliphatic heterocycles. The summed E-state index contributed by atoms with van der Waals surface area (Å²) in [5.74, 6) is 2.07. The van der Waals surface area contributed by atoms with Crippen LogP contribution in [-0.4, -0.2) is 16.6 Å². The van der Waals surface area contributed by atoms with Gasteiger partial charge in [0.05, 0.1) is 5.39 Å². The topological polar surface area (TPSA) is 46.7 Å². The Kier molecular flexibility index (Phi) is 7.12. The third-order valence-electron chi connectivity index (χ3n) is 9.03. The number of anilines is 3. The molecule has 9 rings (SSSR count). The first-order valence-corrected chi connectivity index (χ1v) is 15.8. The van der Waals surface area contributed by atoms with E-state index < -0.39 is 0 Å². The van der Waals surface area contributed by atoms with Crippen molar-refractivity contribution in [3.8, 4) is 17.3 Å². The molecule has 0 unspecified atom stereocenters. The fourth-order valence-corrected chi connectivity index (χ4v) is 6.76. The van der Waals surface area contributed by atoms with Gasteiger partial charge in [-0.3, -0.25) is 0 Å². The zero-order chi connectivity index (χ0) is 31.9. The number of furan rings is 1. The normalized spacial score (nSPS) is 13.1. The van der Waals surface area contributed by atoms with Crippen molar-refractivity contribution in [2.75, 3.05) is 16.8 Å². The Morgan fingerprint density at radius 3 is 2.42 bits per heavy atom. The van der Waals surface area contributed by atoms with E-state index in [9.17, 15) is 0 Å². The minimum absolute atomic E-state index is 0. The van der Waals surface area contributed by atoms with Crippen LogP contribution in [0.15, 0.2) is 114 Å². The maximum Gasteiger partial charge on any atom is 0.137 e. The number of hydrogen-bond donors (Lipinski definition) is 0. The van der Waals surface area contributed by atoms with Crippen LogP contribution in [0.5, 0.6) is 11.5 Å². The van der Waals surface area contributed by atoms with E-state index in [-0.39, 0.29) is 26.5 Å². The minimum atomic E-state index is -0.00427. The Bertz CT molecular complexity index is 2510. The SMILES string of the molecule is CN1[CH-]N(c2[c-]c(Oc3[c-]c4c(cc3)c3ccccc3n4-c3cc(C(C)(C)C)ccn3)ccc2)c2ccc3oc4ccccc4c3c21.[Pt].